The number of aryl methyl sites for hydroxylation is 2. The van der Waals surface area contributed by atoms with E-state index in [4.69, 9.17) is 4.74 Å². The highest BCUT2D eigenvalue weighted by Crippen LogP contribution is 2.39. The molecule has 0 bridgehead atoms. The zero-order chi connectivity index (χ0) is 26.7. The summed E-state index contributed by atoms with van der Waals surface area (Å²) >= 11 is 0. The molecule has 8 nitrogen and oxygen atoms in total. The van der Waals surface area contributed by atoms with Crippen LogP contribution in [-0.2, 0) is 16.1 Å². The summed E-state index contributed by atoms with van der Waals surface area (Å²) in [6.07, 6.45) is 4.23. The molecule has 0 saturated carbocycles. The zero-order valence-corrected chi connectivity index (χ0v) is 21.7. The second kappa shape index (κ2) is 10.8. The van der Waals surface area contributed by atoms with Gasteiger partial charge in [-0.15, -0.1) is 0 Å². The van der Waals surface area contributed by atoms with Gasteiger partial charge in [0.1, 0.15) is 11.8 Å². The van der Waals surface area contributed by atoms with E-state index < -0.39 is 11.8 Å². The molecule has 2 fully saturated rings. The highest BCUT2D eigenvalue weighted by molar-refractivity contribution is 5.98. The van der Waals surface area contributed by atoms with E-state index in [0.29, 0.717) is 43.6 Å². The first kappa shape index (κ1) is 25.6. The van der Waals surface area contributed by atoms with Crippen LogP contribution in [0.1, 0.15) is 50.2 Å². The molecule has 3 heterocycles. The second-order valence-electron chi connectivity index (χ2n) is 10.1. The molecule has 1 N–H and O–H groups in total. The highest BCUT2D eigenvalue weighted by Gasteiger charge is 2.54. The quantitative estimate of drug-likeness (QED) is 0.565. The number of hydrogen-bond donors (Lipinski definition) is 1. The molecule has 196 valence electrons. The SMILES string of the molecule is Cc1ccc(C(=O)N2CCC3(CC2)OC[C@@H](C(=O)NCc2cccnc2)N3C(=O)c2ccc(C)cc2)cc1. The van der Waals surface area contributed by atoms with E-state index in [1.54, 1.807) is 34.3 Å². The van der Waals surface area contributed by atoms with E-state index in [9.17, 15) is 14.4 Å². The van der Waals surface area contributed by atoms with E-state index in [1.807, 2.05) is 62.4 Å². The van der Waals surface area contributed by atoms with Gasteiger partial charge in [0, 0.05) is 56.0 Å². The van der Waals surface area contributed by atoms with Gasteiger partial charge in [0.2, 0.25) is 5.91 Å². The Morgan fingerprint density at radius 3 is 2.11 bits per heavy atom. The lowest BCUT2D eigenvalue weighted by Crippen LogP contribution is -2.59. The summed E-state index contributed by atoms with van der Waals surface area (Å²) < 4.78 is 6.29. The lowest BCUT2D eigenvalue weighted by molar-refractivity contribution is -0.128. The Morgan fingerprint density at radius 1 is 0.921 bits per heavy atom. The van der Waals surface area contributed by atoms with Gasteiger partial charge in [0.15, 0.2) is 0 Å². The van der Waals surface area contributed by atoms with Gasteiger partial charge in [-0.25, -0.2) is 0 Å². The summed E-state index contributed by atoms with van der Waals surface area (Å²) in [6.45, 7) is 5.20. The average Bonchev–Trinajstić information content (AvgIpc) is 3.31. The first-order valence-corrected chi connectivity index (χ1v) is 12.9. The average molecular weight is 513 g/mol. The minimum Gasteiger partial charge on any atom is -0.353 e. The number of carbonyl (C=O) groups is 3. The summed E-state index contributed by atoms with van der Waals surface area (Å²) in [6, 6.07) is 17.8. The maximum Gasteiger partial charge on any atom is 0.256 e. The van der Waals surface area contributed by atoms with Crippen LogP contribution in [-0.4, -0.2) is 64.0 Å². The third-order valence-electron chi connectivity index (χ3n) is 7.40. The van der Waals surface area contributed by atoms with Crippen LogP contribution in [0, 0.1) is 13.8 Å². The molecule has 3 aromatic rings. The molecule has 2 aliphatic rings. The molecule has 5 rings (SSSR count). The largest absolute Gasteiger partial charge is 0.353 e. The molecule has 8 heteroatoms. The Hall–Kier alpha value is -4.04. The zero-order valence-electron chi connectivity index (χ0n) is 21.7. The van der Waals surface area contributed by atoms with Crippen molar-refractivity contribution in [2.24, 2.45) is 0 Å². The minimum absolute atomic E-state index is 0.0416. The topological polar surface area (TPSA) is 91.8 Å². The lowest BCUT2D eigenvalue weighted by atomic mass is 9.96. The number of hydrogen-bond acceptors (Lipinski definition) is 5. The van der Waals surface area contributed by atoms with Gasteiger partial charge in [0.25, 0.3) is 11.8 Å². The minimum atomic E-state index is -0.956. The van der Waals surface area contributed by atoms with Crippen LogP contribution in [0.3, 0.4) is 0 Å². The van der Waals surface area contributed by atoms with E-state index in [0.717, 1.165) is 16.7 Å². The predicted molar refractivity (Wildman–Crippen MR) is 142 cm³/mol. The van der Waals surface area contributed by atoms with Crippen LogP contribution in [0.25, 0.3) is 0 Å². The molecule has 1 spiro atoms. The van der Waals surface area contributed by atoms with Crippen molar-refractivity contribution in [3.63, 3.8) is 0 Å². The van der Waals surface area contributed by atoms with E-state index in [1.165, 1.54) is 0 Å². The van der Waals surface area contributed by atoms with Gasteiger partial charge < -0.3 is 15.0 Å². The maximum absolute atomic E-state index is 13.9. The standard InChI is InChI=1S/C30H32N4O4/c1-21-5-9-24(10-6-21)28(36)33-16-13-30(14-17-33)34(29(37)25-11-7-22(2)8-12-25)26(20-38-30)27(35)32-19-23-4-3-15-31-18-23/h3-12,15,18,26H,13-14,16-17,19-20H2,1-2H3,(H,32,35)/t26-/m0/s1. The normalized spacial score (nSPS) is 18.4. The number of pyridine rings is 1. The fourth-order valence-corrected chi connectivity index (χ4v) is 5.15. The molecule has 3 amide bonds. The number of piperidine rings is 1. The van der Waals surface area contributed by atoms with Gasteiger partial charge in [-0.2, -0.15) is 0 Å². The number of aromatic nitrogens is 1. The van der Waals surface area contributed by atoms with Crippen molar-refractivity contribution in [1.29, 1.82) is 0 Å². The summed E-state index contributed by atoms with van der Waals surface area (Å²) in [5.41, 5.74) is 3.19. The van der Waals surface area contributed by atoms with Gasteiger partial charge in [0.05, 0.1) is 6.61 Å². The molecular weight excluding hydrogens is 480 g/mol. The highest BCUT2D eigenvalue weighted by atomic mass is 16.5. The van der Waals surface area contributed by atoms with Crippen molar-refractivity contribution in [2.75, 3.05) is 19.7 Å². The van der Waals surface area contributed by atoms with Crippen molar-refractivity contribution >= 4 is 17.7 Å². The summed E-state index contributed by atoms with van der Waals surface area (Å²) in [5, 5.41) is 2.94. The molecule has 0 aliphatic carbocycles. The smallest absolute Gasteiger partial charge is 0.256 e. The van der Waals surface area contributed by atoms with Gasteiger partial charge in [-0.3, -0.25) is 24.3 Å². The van der Waals surface area contributed by atoms with Crippen molar-refractivity contribution in [3.05, 3.63) is 101 Å². The molecule has 2 aliphatic heterocycles. The van der Waals surface area contributed by atoms with E-state index in [-0.39, 0.29) is 24.3 Å². The van der Waals surface area contributed by atoms with Crippen molar-refractivity contribution in [1.82, 2.24) is 20.1 Å². The molecule has 2 aromatic carbocycles. The van der Waals surface area contributed by atoms with E-state index in [2.05, 4.69) is 10.3 Å². The van der Waals surface area contributed by atoms with Crippen molar-refractivity contribution in [3.8, 4) is 0 Å². The monoisotopic (exact) mass is 512 g/mol. The molecule has 0 unspecified atom stereocenters. The van der Waals surface area contributed by atoms with Crippen LogP contribution in [0.2, 0.25) is 0 Å². The van der Waals surface area contributed by atoms with Crippen LogP contribution in [0.15, 0.2) is 73.1 Å². The Balaban J connectivity index is 1.36. The molecule has 2 saturated heterocycles. The summed E-state index contributed by atoms with van der Waals surface area (Å²) in [7, 11) is 0. The second-order valence-corrected chi connectivity index (χ2v) is 10.1. The van der Waals surface area contributed by atoms with Gasteiger partial charge in [-0.1, -0.05) is 41.5 Å². The number of amides is 3. The van der Waals surface area contributed by atoms with Crippen LogP contribution >= 0.6 is 0 Å². The number of nitrogens with one attached hydrogen (secondary N) is 1. The van der Waals surface area contributed by atoms with Crippen LogP contribution in [0.4, 0.5) is 0 Å². The predicted octanol–water partition coefficient (Wildman–Crippen LogP) is 3.49. The van der Waals surface area contributed by atoms with E-state index >= 15 is 0 Å². The molecule has 38 heavy (non-hydrogen) atoms. The number of rotatable bonds is 5. The number of nitrogens with zero attached hydrogens (tertiary/aromatic N) is 3. The van der Waals surface area contributed by atoms with Crippen molar-refractivity contribution in [2.45, 2.75) is 45.0 Å². The molecular formula is C30H32N4O4. The summed E-state index contributed by atoms with van der Waals surface area (Å²) in [4.78, 5) is 47.8. The summed E-state index contributed by atoms with van der Waals surface area (Å²) in [5.74, 6) is -0.563. The third kappa shape index (κ3) is 5.17. The number of likely N-dealkylation sites (tertiary alicyclic amines) is 1. The Bertz CT molecular complexity index is 1300. The van der Waals surface area contributed by atoms with Gasteiger partial charge >= 0.3 is 0 Å². The first-order valence-electron chi connectivity index (χ1n) is 12.9. The fraction of sp³-hybridized carbons (Fsp3) is 0.333. The molecule has 0 radical (unpaired) electrons. The maximum atomic E-state index is 13.9. The van der Waals surface area contributed by atoms with Crippen molar-refractivity contribution < 1.29 is 19.1 Å². The molecule has 1 aromatic heterocycles. The van der Waals surface area contributed by atoms with Gasteiger partial charge in [-0.05, 0) is 49.7 Å². The Labute approximate surface area is 222 Å². The third-order valence-corrected chi connectivity index (χ3v) is 7.40. The Kier molecular flexibility index (Phi) is 7.24. The number of benzene rings is 2. The fourth-order valence-electron chi connectivity index (χ4n) is 5.15. The lowest BCUT2D eigenvalue weighted by Gasteiger charge is -2.44. The molecule has 1 atom stereocenters. The van der Waals surface area contributed by atoms with Crippen LogP contribution < -0.4 is 5.32 Å². The first-order chi connectivity index (χ1) is 18.4. The van der Waals surface area contributed by atoms with Crippen LogP contribution in [0.5, 0.6) is 0 Å². The number of carbonyl (C=O) groups excluding carboxylic acids is 3. The number of ether oxygens (including phenoxy) is 1. The Morgan fingerprint density at radius 2 is 1.53 bits per heavy atom.